The monoisotopic (exact) mass is 168 g/mol. The Balaban J connectivity index is 2.84. The van der Waals surface area contributed by atoms with E-state index in [0.29, 0.717) is 12.0 Å². The van der Waals surface area contributed by atoms with Crippen LogP contribution in [-0.2, 0) is 11.2 Å². The smallest absolute Gasteiger partial charge is 0.151 e. The Hall–Kier alpha value is -0.960. The number of thiophene rings is 1. The van der Waals surface area contributed by atoms with E-state index >= 15 is 0 Å². The summed E-state index contributed by atoms with van der Waals surface area (Å²) in [6.45, 7) is 1.52. The normalized spacial score (nSPS) is 9.55. The molecular formula is C8H8O2S. The highest BCUT2D eigenvalue weighted by Crippen LogP contribution is 2.15. The topological polar surface area (TPSA) is 34.1 Å². The standard InChI is InChI=1S/C8H8O2S/c1-6(10)4-8-7(5-9)2-3-11-8/h2-3,5H,4H2,1H3. The van der Waals surface area contributed by atoms with E-state index in [2.05, 4.69) is 0 Å². The van der Waals surface area contributed by atoms with E-state index in [1.807, 2.05) is 5.38 Å². The van der Waals surface area contributed by atoms with Crippen molar-refractivity contribution in [2.24, 2.45) is 0 Å². The molecule has 0 N–H and O–H groups in total. The summed E-state index contributed by atoms with van der Waals surface area (Å²) in [7, 11) is 0. The average molecular weight is 168 g/mol. The lowest BCUT2D eigenvalue weighted by molar-refractivity contribution is -0.116. The number of aldehydes is 1. The van der Waals surface area contributed by atoms with Crippen molar-refractivity contribution in [3.63, 3.8) is 0 Å². The lowest BCUT2D eigenvalue weighted by Gasteiger charge is -1.91. The Bertz CT molecular complexity index is 275. The maximum atomic E-state index is 10.7. The molecule has 0 aliphatic rings. The molecule has 0 bridgehead atoms. The van der Waals surface area contributed by atoms with Crippen molar-refractivity contribution >= 4 is 23.4 Å². The van der Waals surface area contributed by atoms with Gasteiger partial charge in [0.05, 0.1) is 0 Å². The summed E-state index contributed by atoms with van der Waals surface area (Å²) in [6, 6.07) is 1.73. The Labute approximate surface area is 68.9 Å². The molecule has 0 spiro atoms. The van der Waals surface area contributed by atoms with Gasteiger partial charge >= 0.3 is 0 Å². The molecule has 3 heteroatoms. The van der Waals surface area contributed by atoms with Gasteiger partial charge in [0.1, 0.15) is 5.78 Å². The number of hydrogen-bond donors (Lipinski definition) is 0. The van der Waals surface area contributed by atoms with E-state index in [0.717, 1.165) is 11.2 Å². The van der Waals surface area contributed by atoms with Crippen molar-refractivity contribution in [2.45, 2.75) is 13.3 Å². The molecule has 0 saturated heterocycles. The minimum Gasteiger partial charge on any atom is -0.300 e. The molecule has 0 aliphatic carbocycles. The molecule has 0 aromatic carbocycles. The van der Waals surface area contributed by atoms with E-state index in [1.54, 1.807) is 6.07 Å². The molecule has 1 rings (SSSR count). The minimum atomic E-state index is 0.0931. The van der Waals surface area contributed by atoms with Crippen molar-refractivity contribution in [1.29, 1.82) is 0 Å². The molecule has 0 radical (unpaired) electrons. The number of hydrogen-bond acceptors (Lipinski definition) is 3. The van der Waals surface area contributed by atoms with E-state index in [4.69, 9.17) is 0 Å². The lowest BCUT2D eigenvalue weighted by Crippen LogP contribution is -1.95. The summed E-state index contributed by atoms with van der Waals surface area (Å²) in [5.74, 6) is 0.0931. The van der Waals surface area contributed by atoms with Gasteiger partial charge in [0.2, 0.25) is 0 Å². The maximum absolute atomic E-state index is 10.7. The third kappa shape index (κ3) is 1.98. The average Bonchev–Trinajstić information content (AvgIpc) is 2.34. The minimum absolute atomic E-state index is 0.0931. The molecule has 0 amide bonds. The molecule has 11 heavy (non-hydrogen) atoms. The highest BCUT2D eigenvalue weighted by Gasteiger charge is 2.04. The van der Waals surface area contributed by atoms with Gasteiger partial charge in [0.15, 0.2) is 6.29 Å². The van der Waals surface area contributed by atoms with E-state index < -0.39 is 0 Å². The molecule has 1 aromatic rings. The van der Waals surface area contributed by atoms with Crippen molar-refractivity contribution in [3.8, 4) is 0 Å². The molecule has 0 aliphatic heterocycles. The first-order valence-electron chi connectivity index (χ1n) is 3.25. The zero-order valence-electron chi connectivity index (χ0n) is 6.16. The second kappa shape index (κ2) is 3.44. The highest BCUT2D eigenvalue weighted by molar-refractivity contribution is 7.10. The Morgan fingerprint density at radius 1 is 1.73 bits per heavy atom. The van der Waals surface area contributed by atoms with Gasteiger partial charge in [-0.05, 0) is 18.4 Å². The second-order valence-electron chi connectivity index (χ2n) is 2.30. The molecule has 2 nitrogen and oxygen atoms in total. The van der Waals surface area contributed by atoms with Crippen molar-refractivity contribution < 1.29 is 9.59 Å². The van der Waals surface area contributed by atoms with Gasteiger partial charge < -0.3 is 0 Å². The van der Waals surface area contributed by atoms with Crippen LogP contribution in [0.5, 0.6) is 0 Å². The van der Waals surface area contributed by atoms with Gasteiger partial charge in [0.25, 0.3) is 0 Å². The number of carbonyl (C=O) groups excluding carboxylic acids is 2. The first-order valence-corrected chi connectivity index (χ1v) is 4.13. The van der Waals surface area contributed by atoms with Crippen LogP contribution < -0.4 is 0 Å². The van der Waals surface area contributed by atoms with Gasteiger partial charge in [-0.25, -0.2) is 0 Å². The lowest BCUT2D eigenvalue weighted by atomic mass is 10.2. The summed E-state index contributed by atoms with van der Waals surface area (Å²) >= 11 is 1.45. The molecule has 0 saturated carbocycles. The molecule has 1 heterocycles. The SMILES string of the molecule is CC(=O)Cc1sccc1C=O. The van der Waals surface area contributed by atoms with Crippen LogP contribution in [0.15, 0.2) is 11.4 Å². The Kier molecular flexibility index (Phi) is 2.54. The van der Waals surface area contributed by atoms with Gasteiger partial charge in [-0.1, -0.05) is 0 Å². The molecular weight excluding hydrogens is 160 g/mol. The summed E-state index contributed by atoms with van der Waals surface area (Å²) in [6.07, 6.45) is 1.17. The summed E-state index contributed by atoms with van der Waals surface area (Å²) in [5.41, 5.74) is 0.644. The Morgan fingerprint density at radius 2 is 2.45 bits per heavy atom. The van der Waals surface area contributed by atoms with E-state index in [1.165, 1.54) is 18.3 Å². The van der Waals surface area contributed by atoms with Crippen LogP contribution in [0.1, 0.15) is 22.2 Å². The van der Waals surface area contributed by atoms with Crippen LogP contribution in [0, 0.1) is 0 Å². The fourth-order valence-electron chi connectivity index (χ4n) is 0.825. The summed E-state index contributed by atoms with van der Waals surface area (Å²) < 4.78 is 0. The fourth-order valence-corrected chi connectivity index (χ4v) is 1.74. The summed E-state index contributed by atoms with van der Waals surface area (Å²) in [4.78, 5) is 21.9. The van der Waals surface area contributed by atoms with Gasteiger partial charge in [-0.3, -0.25) is 9.59 Å². The Morgan fingerprint density at radius 3 is 3.00 bits per heavy atom. The first kappa shape index (κ1) is 8.14. The van der Waals surface area contributed by atoms with Gasteiger partial charge in [-0.2, -0.15) is 0 Å². The zero-order chi connectivity index (χ0) is 8.27. The predicted octanol–water partition coefficient (Wildman–Crippen LogP) is 1.69. The summed E-state index contributed by atoms with van der Waals surface area (Å²) in [5, 5.41) is 1.82. The molecule has 0 atom stereocenters. The molecule has 1 aromatic heterocycles. The highest BCUT2D eigenvalue weighted by atomic mass is 32.1. The molecule has 0 fully saturated rings. The van der Waals surface area contributed by atoms with Crippen LogP contribution in [0.25, 0.3) is 0 Å². The third-order valence-corrected chi connectivity index (χ3v) is 2.25. The van der Waals surface area contributed by atoms with E-state index in [9.17, 15) is 9.59 Å². The zero-order valence-corrected chi connectivity index (χ0v) is 6.98. The van der Waals surface area contributed by atoms with Crippen LogP contribution in [-0.4, -0.2) is 12.1 Å². The predicted molar refractivity (Wildman–Crippen MR) is 44.1 cm³/mol. The quantitative estimate of drug-likeness (QED) is 0.643. The van der Waals surface area contributed by atoms with Gasteiger partial charge in [0, 0.05) is 16.9 Å². The van der Waals surface area contributed by atoms with Crippen molar-refractivity contribution in [3.05, 3.63) is 21.9 Å². The van der Waals surface area contributed by atoms with E-state index in [-0.39, 0.29) is 5.78 Å². The largest absolute Gasteiger partial charge is 0.300 e. The number of carbonyl (C=O) groups is 2. The van der Waals surface area contributed by atoms with Crippen LogP contribution >= 0.6 is 11.3 Å². The van der Waals surface area contributed by atoms with Gasteiger partial charge in [-0.15, -0.1) is 11.3 Å². The van der Waals surface area contributed by atoms with Crippen LogP contribution in [0.2, 0.25) is 0 Å². The van der Waals surface area contributed by atoms with Crippen LogP contribution in [0.4, 0.5) is 0 Å². The maximum Gasteiger partial charge on any atom is 0.151 e. The number of Topliss-reactive ketones (excluding diaryl/α,β-unsaturated/α-hetero) is 1. The number of ketones is 1. The van der Waals surface area contributed by atoms with Crippen molar-refractivity contribution in [1.82, 2.24) is 0 Å². The molecule has 58 valence electrons. The molecule has 0 unspecified atom stereocenters. The fraction of sp³-hybridized carbons (Fsp3) is 0.250. The van der Waals surface area contributed by atoms with Crippen LogP contribution in [0.3, 0.4) is 0 Å². The third-order valence-electron chi connectivity index (χ3n) is 1.32. The number of rotatable bonds is 3. The first-order chi connectivity index (χ1) is 5.24. The second-order valence-corrected chi connectivity index (χ2v) is 3.30. The van der Waals surface area contributed by atoms with Crippen molar-refractivity contribution in [2.75, 3.05) is 0 Å².